The number of nitrogens with two attached hydrogens (primary N) is 2. The highest BCUT2D eigenvalue weighted by Gasteiger charge is 2.41. The molecule has 3 atom stereocenters. The van der Waals surface area contributed by atoms with E-state index in [1.165, 1.54) is 34.3 Å². The van der Waals surface area contributed by atoms with Crippen LogP contribution in [0.5, 0.6) is 0 Å². The van der Waals surface area contributed by atoms with Crippen molar-refractivity contribution in [3.05, 3.63) is 225 Å². The van der Waals surface area contributed by atoms with E-state index in [-0.39, 0.29) is 41.7 Å². The second-order valence-electron chi connectivity index (χ2n) is 25.6. The third-order valence-electron chi connectivity index (χ3n) is 16.0. The summed E-state index contributed by atoms with van der Waals surface area (Å²) in [5.41, 5.74) is 18.5. The van der Waals surface area contributed by atoms with E-state index in [0.29, 0.717) is 76.2 Å². The number of hydrogen-bond acceptors (Lipinski definition) is 11. The predicted octanol–water partition coefficient (Wildman–Crippen LogP) is 13.7. The molecular weight excluding hydrogens is 1210 g/mol. The summed E-state index contributed by atoms with van der Waals surface area (Å²) >= 11 is 0. The standard InChI is InChI=1S/C40H47FN6O4S.C31H31FN6O.ClH/c1-26-20-35(47(45-26)32-13-9-11-29(22-32)25-43-37(49)51-38(2,3)4)36(48)44-34-23-31(16-17-33(34)41)40(19-18-27-14-15-27,46-52(50)39(5,6)7)30-12-8-10-28(21-30)24-42;1-20-14-29(38(37-20)26-7-3-5-23(16-26)19-34)30(39)36-28-17-25(10-11-27(28)32)31(35,13-12-21-8-9-21)24-6-2-4-22(15-24)18-33;/h8-13,16-17,20-23,27,46H,14-15,18-19,25H2,1-7H3,(H,43,49)(H,44,48);2-7,10-11,14-17,21H,8-9,12-13,19,34-35H2,1H3,(H,36,39);1H/t40?,52-;;/m1../s1. The Morgan fingerprint density at radius 1 is 0.630 bits per heavy atom. The van der Waals surface area contributed by atoms with Crippen LogP contribution in [0, 0.1) is 60.0 Å². The molecule has 92 heavy (non-hydrogen) atoms. The van der Waals surface area contributed by atoms with E-state index in [1.54, 1.807) is 120 Å². The lowest BCUT2D eigenvalue weighted by Gasteiger charge is -2.38. The molecule has 480 valence electrons. The van der Waals surface area contributed by atoms with Gasteiger partial charge in [0.15, 0.2) is 0 Å². The van der Waals surface area contributed by atoms with Crippen molar-refractivity contribution in [2.75, 3.05) is 10.6 Å². The average Bonchev–Trinajstić information content (AvgIpc) is 1.54. The second-order valence-corrected chi connectivity index (χ2v) is 27.5. The molecule has 2 saturated carbocycles. The Hall–Kier alpha value is -8.89. The summed E-state index contributed by atoms with van der Waals surface area (Å²) in [6.45, 7) is 15.1. The van der Waals surface area contributed by atoms with E-state index in [0.717, 1.165) is 47.9 Å². The van der Waals surface area contributed by atoms with E-state index in [9.17, 15) is 29.1 Å². The van der Waals surface area contributed by atoms with Gasteiger partial charge in [-0.05, 0) is 211 Å². The number of aromatic nitrogens is 4. The SMILES string of the molecule is Cc1cc(C(=O)Nc2cc(C(CCC3CC3)(N[S@](=O)C(C)(C)C)c3cccc(C#N)c3)ccc2F)n(-c2cccc(CNC(=O)OC(C)(C)C)c2)n1.Cc1cc(C(=O)Nc2cc(C(N)(CCC3CC3)c3cccc(C#N)c3)ccc2F)n(-c2cccc(CN)c2)n1.Cl. The van der Waals surface area contributed by atoms with Crippen LogP contribution in [0.4, 0.5) is 25.0 Å². The number of halogens is 3. The lowest BCUT2D eigenvalue weighted by Crippen LogP contribution is -2.49. The zero-order valence-electron chi connectivity index (χ0n) is 53.0. The average molecular weight is 1290 g/mol. The number of benzene rings is 6. The van der Waals surface area contributed by atoms with Crippen molar-refractivity contribution in [2.24, 2.45) is 23.3 Å². The normalized spacial score (nSPS) is 14.5. The van der Waals surface area contributed by atoms with Crippen molar-refractivity contribution in [1.29, 1.82) is 10.5 Å². The van der Waals surface area contributed by atoms with E-state index >= 15 is 8.78 Å². The van der Waals surface area contributed by atoms with Crippen LogP contribution in [0.25, 0.3) is 11.4 Å². The lowest BCUT2D eigenvalue weighted by atomic mass is 9.79. The zero-order valence-corrected chi connectivity index (χ0v) is 54.7. The number of nitrogens with one attached hydrogen (secondary N) is 4. The van der Waals surface area contributed by atoms with Crippen LogP contribution in [0.15, 0.2) is 146 Å². The molecule has 0 spiro atoms. The highest BCUT2D eigenvalue weighted by molar-refractivity contribution is 7.84. The number of nitriles is 2. The van der Waals surface area contributed by atoms with Gasteiger partial charge in [0, 0.05) is 13.1 Å². The van der Waals surface area contributed by atoms with Gasteiger partial charge in [-0.2, -0.15) is 20.7 Å². The highest BCUT2D eigenvalue weighted by atomic mass is 35.5. The topological polar surface area (TPSA) is 261 Å². The molecule has 10 rings (SSSR count). The Morgan fingerprint density at radius 2 is 1.09 bits per heavy atom. The van der Waals surface area contributed by atoms with Crippen LogP contribution in [0.3, 0.4) is 0 Å². The molecule has 2 aromatic heterocycles. The van der Waals surface area contributed by atoms with Gasteiger partial charge in [0.25, 0.3) is 11.8 Å². The lowest BCUT2D eigenvalue weighted by molar-refractivity contribution is 0.0523. The number of carbonyl (C=O) groups excluding carboxylic acids is 3. The van der Waals surface area contributed by atoms with Crippen molar-refractivity contribution in [1.82, 2.24) is 29.6 Å². The molecule has 2 unspecified atom stereocenters. The summed E-state index contributed by atoms with van der Waals surface area (Å²) < 4.78 is 55.7. The summed E-state index contributed by atoms with van der Waals surface area (Å²) in [7, 11) is -1.55. The first-order chi connectivity index (χ1) is 43.3. The van der Waals surface area contributed by atoms with Gasteiger partial charge in [0.1, 0.15) is 28.6 Å². The van der Waals surface area contributed by atoms with Crippen molar-refractivity contribution < 1.29 is 32.1 Å². The molecule has 0 aliphatic heterocycles. The van der Waals surface area contributed by atoms with Gasteiger partial charge in [-0.15, -0.1) is 12.4 Å². The fourth-order valence-corrected chi connectivity index (χ4v) is 11.7. The molecule has 2 fully saturated rings. The van der Waals surface area contributed by atoms with Gasteiger partial charge >= 0.3 is 6.09 Å². The fraction of sp³-hybridized carbons (Fsp3) is 0.338. The van der Waals surface area contributed by atoms with Gasteiger partial charge in [0.2, 0.25) is 0 Å². The first-order valence-electron chi connectivity index (χ1n) is 30.5. The molecule has 3 amide bonds. The minimum atomic E-state index is -1.55. The molecule has 2 heterocycles. The number of hydrogen-bond donors (Lipinski definition) is 6. The summed E-state index contributed by atoms with van der Waals surface area (Å²) in [5, 5.41) is 36.5. The van der Waals surface area contributed by atoms with Crippen LogP contribution in [-0.4, -0.2) is 52.0 Å². The zero-order chi connectivity index (χ0) is 65.4. The summed E-state index contributed by atoms with van der Waals surface area (Å²) in [6, 6.07) is 45.8. The maximum Gasteiger partial charge on any atom is 0.407 e. The van der Waals surface area contributed by atoms with E-state index in [2.05, 4.69) is 43.0 Å². The van der Waals surface area contributed by atoms with Gasteiger partial charge in [-0.3, -0.25) is 9.59 Å². The maximum atomic E-state index is 15.7. The molecule has 2 aliphatic carbocycles. The first-order valence-corrected chi connectivity index (χ1v) is 31.6. The summed E-state index contributed by atoms with van der Waals surface area (Å²) in [5.74, 6) is -1.15. The molecule has 2 aliphatic rings. The van der Waals surface area contributed by atoms with Crippen LogP contribution >= 0.6 is 12.4 Å². The number of carbonyl (C=O) groups is 3. The van der Waals surface area contributed by atoms with Crippen molar-refractivity contribution in [3.8, 4) is 23.5 Å². The molecule has 8 aromatic rings. The Labute approximate surface area is 545 Å². The quantitative estimate of drug-likeness (QED) is 0.0394. The monoisotopic (exact) mass is 1280 g/mol. The fourth-order valence-electron chi connectivity index (χ4n) is 10.8. The summed E-state index contributed by atoms with van der Waals surface area (Å²) in [4.78, 5) is 39.6. The number of amides is 3. The second kappa shape index (κ2) is 29.2. The third kappa shape index (κ3) is 17.2. The maximum absolute atomic E-state index is 15.7. The molecule has 6 aromatic carbocycles. The number of rotatable bonds is 21. The third-order valence-corrected chi connectivity index (χ3v) is 17.7. The first kappa shape index (κ1) is 69.0. The van der Waals surface area contributed by atoms with Gasteiger partial charge < -0.3 is 32.2 Å². The van der Waals surface area contributed by atoms with Crippen molar-refractivity contribution >= 4 is 52.7 Å². The molecule has 0 saturated heterocycles. The molecule has 8 N–H and O–H groups in total. The van der Waals surface area contributed by atoms with Crippen molar-refractivity contribution in [2.45, 2.75) is 141 Å². The van der Waals surface area contributed by atoms with E-state index in [1.807, 2.05) is 69.3 Å². The molecule has 0 bridgehead atoms. The summed E-state index contributed by atoms with van der Waals surface area (Å²) in [6.07, 6.45) is 6.96. The Morgan fingerprint density at radius 3 is 1.60 bits per heavy atom. The Kier molecular flexibility index (Phi) is 21.9. The number of aryl methyl sites for hydroxylation is 2. The van der Waals surface area contributed by atoms with E-state index < -0.39 is 62.0 Å². The Balaban J connectivity index is 0.000000243. The Bertz CT molecular complexity index is 4120. The van der Waals surface area contributed by atoms with Gasteiger partial charge in [-0.1, -0.05) is 86.3 Å². The van der Waals surface area contributed by atoms with Crippen molar-refractivity contribution in [3.63, 3.8) is 0 Å². The number of nitrogens with zero attached hydrogens (tertiary/aromatic N) is 6. The van der Waals surface area contributed by atoms with Crippen LogP contribution < -0.4 is 32.1 Å². The molecule has 17 nitrogen and oxygen atoms in total. The minimum absolute atomic E-state index is 0. The highest BCUT2D eigenvalue weighted by Crippen LogP contribution is 2.44. The smallest absolute Gasteiger partial charge is 0.407 e. The minimum Gasteiger partial charge on any atom is -0.444 e. The van der Waals surface area contributed by atoms with Crippen LogP contribution in [-0.2, 0) is 39.9 Å². The predicted molar refractivity (Wildman–Crippen MR) is 357 cm³/mol. The van der Waals surface area contributed by atoms with Crippen LogP contribution in [0.2, 0.25) is 0 Å². The molecular formula is C71H79ClF2N12O5S. The van der Waals surface area contributed by atoms with Crippen LogP contribution in [0.1, 0.15) is 170 Å². The van der Waals surface area contributed by atoms with Gasteiger partial charge in [0.05, 0.1) is 84.2 Å². The van der Waals surface area contributed by atoms with E-state index in [4.69, 9.17) is 16.2 Å². The number of ether oxygens (including phenoxy) is 1. The molecule has 21 heteroatoms. The number of alkyl carbamates (subject to hydrolysis) is 1. The number of anilines is 2. The van der Waals surface area contributed by atoms with Gasteiger partial charge in [-0.25, -0.2) is 31.9 Å². The largest absolute Gasteiger partial charge is 0.444 e. The molecule has 0 radical (unpaired) electrons.